The van der Waals surface area contributed by atoms with Crippen LogP contribution in [0.4, 0.5) is 5.69 Å². The number of anilines is 1. The van der Waals surface area contributed by atoms with E-state index in [0.29, 0.717) is 43.9 Å². The minimum atomic E-state index is -3.28. The van der Waals surface area contributed by atoms with Gasteiger partial charge in [0, 0.05) is 32.3 Å². The van der Waals surface area contributed by atoms with E-state index in [1.54, 1.807) is 36.3 Å². The Bertz CT molecular complexity index is 884. The van der Waals surface area contributed by atoms with E-state index in [2.05, 4.69) is 0 Å². The van der Waals surface area contributed by atoms with Gasteiger partial charge in [-0.15, -0.1) is 0 Å². The number of sulfonamides is 1. The Hall–Kier alpha value is -2.38. The average Bonchev–Trinajstić information content (AvgIpc) is 3.04. The van der Waals surface area contributed by atoms with E-state index in [1.807, 2.05) is 30.3 Å². The minimum absolute atomic E-state index is 0.144. The summed E-state index contributed by atoms with van der Waals surface area (Å²) >= 11 is 0. The number of nitrogens with zero attached hydrogens (tertiary/aromatic N) is 2. The van der Waals surface area contributed by atoms with Crippen molar-refractivity contribution in [3.8, 4) is 0 Å². The van der Waals surface area contributed by atoms with E-state index in [4.69, 9.17) is 4.74 Å². The standard InChI is InChI=1S/C20H24N2O4S/c1-26-13-12-21(16-17-7-3-2-4-8-17)20(23)18-9-5-10-19(15-18)22-11-6-14-27(22,24)25/h2-5,7-10,15H,6,11-14,16H2,1H3. The van der Waals surface area contributed by atoms with Crippen LogP contribution in [0.25, 0.3) is 0 Å². The number of methoxy groups -OCH3 is 1. The number of hydrogen-bond donors (Lipinski definition) is 0. The van der Waals surface area contributed by atoms with Gasteiger partial charge >= 0.3 is 0 Å². The molecule has 0 aromatic heterocycles. The molecular formula is C20H24N2O4S. The molecule has 0 unspecified atom stereocenters. The molecule has 0 aliphatic carbocycles. The molecule has 144 valence electrons. The van der Waals surface area contributed by atoms with Crippen LogP contribution < -0.4 is 4.31 Å². The van der Waals surface area contributed by atoms with Gasteiger partial charge in [0.05, 0.1) is 18.0 Å². The number of ether oxygens (including phenoxy) is 1. The zero-order valence-corrected chi connectivity index (χ0v) is 16.2. The summed E-state index contributed by atoms with van der Waals surface area (Å²) in [4.78, 5) is 14.8. The van der Waals surface area contributed by atoms with Crippen molar-refractivity contribution < 1.29 is 17.9 Å². The summed E-state index contributed by atoms with van der Waals surface area (Å²) in [7, 11) is -1.68. The lowest BCUT2D eigenvalue weighted by atomic mass is 10.1. The van der Waals surface area contributed by atoms with Crippen LogP contribution in [0.1, 0.15) is 22.3 Å². The van der Waals surface area contributed by atoms with Crippen LogP contribution in [0, 0.1) is 0 Å². The van der Waals surface area contributed by atoms with Gasteiger partial charge in [-0.25, -0.2) is 8.42 Å². The maximum atomic E-state index is 13.1. The molecule has 2 aromatic rings. The van der Waals surface area contributed by atoms with E-state index in [0.717, 1.165) is 5.56 Å². The first-order valence-electron chi connectivity index (χ1n) is 8.94. The number of hydrogen-bond acceptors (Lipinski definition) is 4. The summed E-state index contributed by atoms with van der Waals surface area (Å²) in [5.74, 6) is 0.00781. The number of rotatable bonds is 7. The fourth-order valence-corrected chi connectivity index (χ4v) is 4.72. The molecule has 27 heavy (non-hydrogen) atoms. The predicted octanol–water partition coefficient (Wildman–Crippen LogP) is 2.52. The maximum Gasteiger partial charge on any atom is 0.254 e. The molecule has 7 heteroatoms. The Kier molecular flexibility index (Phi) is 6.13. The van der Waals surface area contributed by atoms with Crippen LogP contribution >= 0.6 is 0 Å². The number of carbonyl (C=O) groups is 1. The Balaban J connectivity index is 1.84. The summed E-state index contributed by atoms with van der Waals surface area (Å²) < 4.78 is 30.9. The van der Waals surface area contributed by atoms with Crippen LogP contribution in [0.15, 0.2) is 54.6 Å². The van der Waals surface area contributed by atoms with Crippen LogP contribution in [-0.4, -0.2) is 51.8 Å². The van der Waals surface area contributed by atoms with Gasteiger partial charge in [0.15, 0.2) is 0 Å². The molecule has 1 aliphatic heterocycles. The number of amides is 1. The highest BCUT2D eigenvalue weighted by molar-refractivity contribution is 7.93. The Labute approximate surface area is 160 Å². The molecule has 2 aromatic carbocycles. The molecule has 0 N–H and O–H groups in total. The molecule has 0 atom stereocenters. The third kappa shape index (κ3) is 4.67. The van der Waals surface area contributed by atoms with Gasteiger partial charge in [0.2, 0.25) is 10.0 Å². The fourth-order valence-electron chi connectivity index (χ4n) is 3.16. The highest BCUT2D eigenvalue weighted by Gasteiger charge is 2.29. The SMILES string of the molecule is COCCN(Cc1ccccc1)C(=O)c1cccc(N2CCCS2(=O)=O)c1. The molecule has 3 rings (SSSR count). The Morgan fingerprint density at radius 2 is 1.93 bits per heavy atom. The normalized spacial score (nSPS) is 15.7. The van der Waals surface area contributed by atoms with E-state index < -0.39 is 10.0 Å². The predicted molar refractivity (Wildman–Crippen MR) is 105 cm³/mol. The second-order valence-corrected chi connectivity index (χ2v) is 8.51. The van der Waals surface area contributed by atoms with Crippen molar-refractivity contribution in [1.29, 1.82) is 0 Å². The summed E-state index contributed by atoms with van der Waals surface area (Å²) in [6.45, 7) is 1.81. The number of carbonyl (C=O) groups excluding carboxylic acids is 1. The lowest BCUT2D eigenvalue weighted by Gasteiger charge is -2.24. The van der Waals surface area contributed by atoms with Gasteiger partial charge in [0.25, 0.3) is 5.91 Å². The molecule has 0 bridgehead atoms. The van der Waals surface area contributed by atoms with Gasteiger partial charge in [-0.1, -0.05) is 36.4 Å². The van der Waals surface area contributed by atoms with Crippen molar-refractivity contribution >= 4 is 21.6 Å². The monoisotopic (exact) mass is 388 g/mol. The molecule has 1 fully saturated rings. The van der Waals surface area contributed by atoms with Crippen molar-refractivity contribution in [1.82, 2.24) is 4.90 Å². The Morgan fingerprint density at radius 1 is 1.15 bits per heavy atom. The van der Waals surface area contributed by atoms with Crippen LogP contribution in [0.3, 0.4) is 0 Å². The highest BCUT2D eigenvalue weighted by atomic mass is 32.2. The largest absolute Gasteiger partial charge is 0.383 e. The maximum absolute atomic E-state index is 13.1. The van der Waals surface area contributed by atoms with Gasteiger partial charge in [-0.05, 0) is 30.2 Å². The molecule has 0 spiro atoms. The van der Waals surface area contributed by atoms with Gasteiger partial charge in [-0.3, -0.25) is 9.10 Å². The molecule has 1 amide bonds. The van der Waals surface area contributed by atoms with Crippen molar-refractivity contribution in [2.24, 2.45) is 0 Å². The van der Waals surface area contributed by atoms with E-state index >= 15 is 0 Å². The zero-order valence-electron chi connectivity index (χ0n) is 15.4. The van der Waals surface area contributed by atoms with Crippen molar-refractivity contribution in [2.75, 3.05) is 36.9 Å². The quantitative estimate of drug-likeness (QED) is 0.731. The van der Waals surface area contributed by atoms with Crippen LogP contribution in [0.2, 0.25) is 0 Å². The van der Waals surface area contributed by atoms with Gasteiger partial charge in [-0.2, -0.15) is 0 Å². The van der Waals surface area contributed by atoms with Crippen LogP contribution in [-0.2, 0) is 21.3 Å². The first-order chi connectivity index (χ1) is 13.0. The van der Waals surface area contributed by atoms with Crippen molar-refractivity contribution in [2.45, 2.75) is 13.0 Å². The molecule has 0 radical (unpaired) electrons. The molecule has 1 saturated heterocycles. The first kappa shape index (κ1) is 19.4. The second kappa shape index (κ2) is 8.54. The Morgan fingerprint density at radius 3 is 2.59 bits per heavy atom. The first-order valence-corrected chi connectivity index (χ1v) is 10.5. The third-order valence-corrected chi connectivity index (χ3v) is 6.42. The van der Waals surface area contributed by atoms with E-state index in [1.165, 1.54) is 4.31 Å². The average molecular weight is 388 g/mol. The van der Waals surface area contributed by atoms with E-state index in [9.17, 15) is 13.2 Å². The molecular weight excluding hydrogens is 364 g/mol. The minimum Gasteiger partial charge on any atom is -0.383 e. The van der Waals surface area contributed by atoms with Crippen molar-refractivity contribution in [3.63, 3.8) is 0 Å². The molecule has 0 saturated carbocycles. The van der Waals surface area contributed by atoms with Crippen LogP contribution in [0.5, 0.6) is 0 Å². The van der Waals surface area contributed by atoms with Crippen molar-refractivity contribution in [3.05, 3.63) is 65.7 Å². The zero-order chi connectivity index (χ0) is 19.3. The smallest absolute Gasteiger partial charge is 0.254 e. The molecule has 1 heterocycles. The summed E-state index contributed by atoms with van der Waals surface area (Å²) in [5.41, 5.74) is 2.05. The fraction of sp³-hybridized carbons (Fsp3) is 0.350. The summed E-state index contributed by atoms with van der Waals surface area (Å²) in [5, 5.41) is 0. The second-order valence-electron chi connectivity index (χ2n) is 6.50. The van der Waals surface area contributed by atoms with E-state index in [-0.39, 0.29) is 11.7 Å². The lowest BCUT2D eigenvalue weighted by Crippen LogP contribution is -2.33. The van der Waals surface area contributed by atoms with Gasteiger partial charge < -0.3 is 9.64 Å². The summed E-state index contributed by atoms with van der Waals surface area (Å²) in [6, 6.07) is 16.6. The number of benzene rings is 2. The third-order valence-electron chi connectivity index (χ3n) is 4.55. The molecule has 6 nitrogen and oxygen atoms in total. The molecule has 1 aliphatic rings. The topological polar surface area (TPSA) is 66.9 Å². The lowest BCUT2D eigenvalue weighted by molar-refractivity contribution is 0.0680. The highest BCUT2D eigenvalue weighted by Crippen LogP contribution is 2.25. The van der Waals surface area contributed by atoms with Gasteiger partial charge in [0.1, 0.15) is 0 Å². The summed E-state index contributed by atoms with van der Waals surface area (Å²) in [6.07, 6.45) is 0.606.